The Kier molecular flexibility index (Phi) is 5.90. The summed E-state index contributed by atoms with van der Waals surface area (Å²) in [5.74, 6) is -0.510. The summed E-state index contributed by atoms with van der Waals surface area (Å²) in [5, 5.41) is 2.64. The predicted molar refractivity (Wildman–Crippen MR) is 113 cm³/mol. The third-order valence-corrected chi connectivity index (χ3v) is 5.01. The maximum Gasteiger partial charge on any atom is 0.335 e. The van der Waals surface area contributed by atoms with Crippen LogP contribution in [0.1, 0.15) is 5.56 Å². The predicted octanol–water partition coefficient (Wildman–Crippen LogP) is 3.63. The summed E-state index contributed by atoms with van der Waals surface area (Å²) in [6.07, 6.45) is 1.40. The first-order valence-corrected chi connectivity index (χ1v) is 9.40. The second kappa shape index (κ2) is 8.19. The molecular weight excluding hydrogens is 499 g/mol. The molecule has 0 spiro atoms. The van der Waals surface area contributed by atoms with Crippen molar-refractivity contribution in [1.29, 1.82) is 0 Å². The Labute approximate surface area is 179 Å². The number of imide groups is 2. The highest BCUT2D eigenvalue weighted by Crippen LogP contribution is 2.34. The lowest BCUT2D eigenvalue weighted by atomic mass is 10.1. The van der Waals surface area contributed by atoms with Crippen LogP contribution in [0.2, 0.25) is 5.02 Å². The molecule has 3 rings (SSSR count). The molecule has 7 nitrogen and oxygen atoms in total. The van der Waals surface area contributed by atoms with Crippen molar-refractivity contribution < 1.29 is 23.9 Å². The molecule has 2 aromatic carbocycles. The lowest BCUT2D eigenvalue weighted by Crippen LogP contribution is -2.54. The van der Waals surface area contributed by atoms with Crippen molar-refractivity contribution >= 4 is 63.8 Å². The summed E-state index contributed by atoms with van der Waals surface area (Å²) in [5.41, 5.74) is 0.663. The van der Waals surface area contributed by atoms with Gasteiger partial charge in [0.25, 0.3) is 11.8 Å². The van der Waals surface area contributed by atoms with Gasteiger partial charge >= 0.3 is 6.03 Å². The molecule has 0 saturated carbocycles. The summed E-state index contributed by atoms with van der Waals surface area (Å²) in [6.45, 7) is 0. The normalized spacial score (nSPS) is 15.6. The zero-order valence-corrected chi connectivity index (χ0v) is 17.7. The summed E-state index contributed by atoms with van der Waals surface area (Å²) >= 11 is 7.92. The van der Waals surface area contributed by atoms with Crippen LogP contribution in [0.25, 0.3) is 6.08 Å². The standard InChI is InChI=1S/C19H14ClIN2O5/c1-27-15-9-10(8-14(21)16(15)28-2)7-13-17(24)22-19(26)23(18(13)25)12-5-3-11(20)4-6-12/h3-9H,1-2H3,(H,22,24,26)/b13-7+. The molecule has 1 aliphatic rings. The molecule has 1 heterocycles. The average molecular weight is 513 g/mol. The second-order valence-electron chi connectivity index (χ2n) is 5.67. The number of urea groups is 1. The summed E-state index contributed by atoms with van der Waals surface area (Å²) in [4.78, 5) is 38.3. The first-order valence-electron chi connectivity index (χ1n) is 7.94. The molecule has 1 fully saturated rings. The molecule has 0 unspecified atom stereocenters. The molecule has 2 aromatic rings. The summed E-state index contributed by atoms with van der Waals surface area (Å²) in [7, 11) is 3.01. The van der Waals surface area contributed by atoms with E-state index in [0.29, 0.717) is 27.8 Å². The van der Waals surface area contributed by atoms with Gasteiger partial charge in [0, 0.05) is 5.02 Å². The van der Waals surface area contributed by atoms with E-state index < -0.39 is 17.8 Å². The van der Waals surface area contributed by atoms with Crippen LogP contribution in [0, 0.1) is 3.57 Å². The number of carbonyl (C=O) groups is 3. The average Bonchev–Trinajstić information content (AvgIpc) is 2.66. The minimum atomic E-state index is -0.823. The highest BCUT2D eigenvalue weighted by atomic mass is 127. The number of anilines is 1. The van der Waals surface area contributed by atoms with Gasteiger partial charge in [-0.05, 0) is 70.6 Å². The number of amides is 4. The lowest BCUT2D eigenvalue weighted by molar-refractivity contribution is -0.122. The third kappa shape index (κ3) is 3.83. The van der Waals surface area contributed by atoms with Crippen molar-refractivity contribution in [2.75, 3.05) is 19.1 Å². The van der Waals surface area contributed by atoms with Crippen LogP contribution in [0.3, 0.4) is 0 Å². The van der Waals surface area contributed by atoms with Gasteiger partial charge in [-0.3, -0.25) is 14.9 Å². The van der Waals surface area contributed by atoms with Crippen molar-refractivity contribution in [1.82, 2.24) is 5.32 Å². The zero-order valence-electron chi connectivity index (χ0n) is 14.8. The fourth-order valence-corrected chi connectivity index (χ4v) is 3.64. The minimum Gasteiger partial charge on any atom is -0.493 e. The monoisotopic (exact) mass is 512 g/mol. The van der Waals surface area contributed by atoms with Crippen molar-refractivity contribution in [3.8, 4) is 11.5 Å². The molecule has 0 aliphatic carbocycles. The smallest absolute Gasteiger partial charge is 0.335 e. The Morgan fingerprint density at radius 1 is 1.07 bits per heavy atom. The number of halogens is 2. The first kappa shape index (κ1) is 20.2. The van der Waals surface area contributed by atoms with Crippen molar-refractivity contribution in [3.63, 3.8) is 0 Å². The zero-order chi connectivity index (χ0) is 20.4. The number of nitrogens with one attached hydrogen (secondary N) is 1. The lowest BCUT2D eigenvalue weighted by Gasteiger charge is -2.26. The number of hydrogen-bond acceptors (Lipinski definition) is 5. The van der Waals surface area contributed by atoms with E-state index in [1.165, 1.54) is 32.4 Å². The fourth-order valence-electron chi connectivity index (χ4n) is 2.67. The molecule has 9 heteroatoms. The van der Waals surface area contributed by atoms with E-state index in [1.807, 2.05) is 0 Å². The maximum atomic E-state index is 12.9. The van der Waals surface area contributed by atoms with Crippen LogP contribution in [0.5, 0.6) is 11.5 Å². The molecule has 0 bridgehead atoms. The van der Waals surface area contributed by atoms with E-state index in [9.17, 15) is 14.4 Å². The van der Waals surface area contributed by atoms with Crippen LogP contribution in [0.4, 0.5) is 10.5 Å². The second-order valence-corrected chi connectivity index (χ2v) is 7.27. The molecule has 0 atom stereocenters. The van der Waals surface area contributed by atoms with E-state index in [2.05, 4.69) is 27.9 Å². The fraction of sp³-hybridized carbons (Fsp3) is 0.105. The van der Waals surface area contributed by atoms with Crippen molar-refractivity contribution in [2.45, 2.75) is 0 Å². The minimum absolute atomic E-state index is 0.183. The van der Waals surface area contributed by atoms with Crippen LogP contribution < -0.4 is 19.7 Å². The Morgan fingerprint density at radius 3 is 2.36 bits per heavy atom. The quantitative estimate of drug-likeness (QED) is 0.384. The van der Waals surface area contributed by atoms with E-state index in [4.69, 9.17) is 21.1 Å². The SMILES string of the molecule is COc1cc(/C=C2\C(=O)NC(=O)N(c3ccc(Cl)cc3)C2=O)cc(I)c1OC. The summed E-state index contributed by atoms with van der Waals surface area (Å²) < 4.78 is 11.3. The molecule has 1 N–H and O–H groups in total. The molecular formula is C19H14ClIN2O5. The van der Waals surface area contributed by atoms with Crippen molar-refractivity contribution in [2.24, 2.45) is 0 Å². The van der Waals surface area contributed by atoms with Gasteiger partial charge in [0.1, 0.15) is 5.57 Å². The number of barbiturate groups is 1. The topological polar surface area (TPSA) is 84.9 Å². The van der Waals surface area contributed by atoms with Crippen LogP contribution in [0.15, 0.2) is 42.0 Å². The van der Waals surface area contributed by atoms with Gasteiger partial charge in [-0.2, -0.15) is 0 Å². The van der Waals surface area contributed by atoms with Gasteiger partial charge in [-0.1, -0.05) is 11.6 Å². The molecule has 4 amide bonds. The summed E-state index contributed by atoms with van der Waals surface area (Å²) in [6, 6.07) is 8.69. The van der Waals surface area contributed by atoms with Crippen molar-refractivity contribution in [3.05, 3.63) is 56.1 Å². The van der Waals surface area contributed by atoms with Gasteiger partial charge in [-0.25, -0.2) is 9.69 Å². The van der Waals surface area contributed by atoms with Gasteiger partial charge < -0.3 is 9.47 Å². The Morgan fingerprint density at radius 2 is 1.75 bits per heavy atom. The molecule has 1 aliphatic heterocycles. The Hall–Kier alpha value is -2.59. The number of nitrogens with zero attached hydrogens (tertiary/aromatic N) is 1. The van der Waals surface area contributed by atoms with E-state index >= 15 is 0 Å². The van der Waals surface area contributed by atoms with Gasteiger partial charge in [-0.15, -0.1) is 0 Å². The Bertz CT molecular complexity index is 1000. The van der Waals surface area contributed by atoms with Gasteiger partial charge in [0.2, 0.25) is 0 Å². The number of carbonyl (C=O) groups excluding carboxylic acids is 3. The van der Waals surface area contributed by atoms with E-state index in [-0.39, 0.29) is 5.57 Å². The number of methoxy groups -OCH3 is 2. The third-order valence-electron chi connectivity index (χ3n) is 3.95. The van der Waals surface area contributed by atoms with Gasteiger partial charge in [0.05, 0.1) is 23.5 Å². The first-order chi connectivity index (χ1) is 13.3. The number of hydrogen-bond donors (Lipinski definition) is 1. The van der Waals surface area contributed by atoms with Crippen LogP contribution >= 0.6 is 34.2 Å². The Balaban J connectivity index is 2.04. The number of rotatable bonds is 4. The van der Waals surface area contributed by atoms with Crippen LogP contribution in [-0.4, -0.2) is 32.1 Å². The number of ether oxygens (including phenoxy) is 2. The van der Waals surface area contributed by atoms with Gasteiger partial charge in [0.15, 0.2) is 11.5 Å². The molecule has 0 radical (unpaired) electrons. The maximum absolute atomic E-state index is 12.9. The highest BCUT2D eigenvalue weighted by Gasteiger charge is 2.36. The van der Waals surface area contributed by atoms with E-state index in [0.717, 1.165) is 8.47 Å². The number of benzene rings is 2. The van der Waals surface area contributed by atoms with E-state index in [1.54, 1.807) is 24.3 Å². The largest absolute Gasteiger partial charge is 0.493 e. The molecule has 0 aromatic heterocycles. The molecule has 1 saturated heterocycles. The highest BCUT2D eigenvalue weighted by molar-refractivity contribution is 14.1. The molecule has 144 valence electrons. The molecule has 28 heavy (non-hydrogen) atoms. The van der Waals surface area contributed by atoms with Crippen LogP contribution in [-0.2, 0) is 9.59 Å².